The highest BCUT2D eigenvalue weighted by Crippen LogP contribution is 2.28. The second-order valence-electron chi connectivity index (χ2n) is 3.37. The maximum Gasteiger partial charge on any atom is 0.314 e. The van der Waals surface area contributed by atoms with Crippen molar-refractivity contribution in [3.8, 4) is 0 Å². The molecule has 0 fully saturated rings. The summed E-state index contributed by atoms with van der Waals surface area (Å²) < 4.78 is 4.65. The van der Waals surface area contributed by atoms with Gasteiger partial charge in [-0.1, -0.05) is 13.8 Å². The molecule has 0 aromatic rings. The van der Waals surface area contributed by atoms with Crippen molar-refractivity contribution < 1.29 is 14.4 Å². The number of esters is 1. The lowest BCUT2D eigenvalue weighted by Crippen LogP contribution is -2.39. The molecule has 4 nitrogen and oxygen atoms in total. The van der Waals surface area contributed by atoms with Gasteiger partial charge in [0, 0.05) is 0 Å². The SMILES string of the molecule is COC(=O)C(C)(CON)C(C)C. The molecule has 0 radical (unpaired) electrons. The minimum Gasteiger partial charge on any atom is -0.469 e. The summed E-state index contributed by atoms with van der Waals surface area (Å²) in [4.78, 5) is 15.8. The number of rotatable bonds is 4. The van der Waals surface area contributed by atoms with Crippen molar-refractivity contribution in [3.05, 3.63) is 0 Å². The molecule has 0 aromatic carbocycles. The maximum atomic E-state index is 11.3. The van der Waals surface area contributed by atoms with Crippen molar-refractivity contribution >= 4 is 5.97 Å². The third-order valence-corrected chi connectivity index (χ3v) is 2.31. The molecular weight excluding hydrogens is 158 g/mol. The first-order valence-corrected chi connectivity index (χ1v) is 3.89. The number of hydrogen-bond acceptors (Lipinski definition) is 4. The molecule has 0 amide bonds. The van der Waals surface area contributed by atoms with E-state index in [4.69, 9.17) is 5.90 Å². The largest absolute Gasteiger partial charge is 0.469 e. The molecule has 12 heavy (non-hydrogen) atoms. The zero-order valence-electron chi connectivity index (χ0n) is 8.09. The summed E-state index contributed by atoms with van der Waals surface area (Å²) in [6.07, 6.45) is 0. The summed E-state index contributed by atoms with van der Waals surface area (Å²) in [5.41, 5.74) is -0.649. The van der Waals surface area contributed by atoms with Gasteiger partial charge >= 0.3 is 5.97 Å². The average Bonchev–Trinajstić information content (AvgIpc) is 2.03. The van der Waals surface area contributed by atoms with Crippen LogP contribution in [0.4, 0.5) is 0 Å². The number of nitrogens with two attached hydrogens (primary N) is 1. The molecular formula is C8H17NO3. The molecule has 2 N–H and O–H groups in total. The molecule has 0 rings (SSSR count). The standard InChI is InChI=1S/C8H17NO3/c1-6(2)8(3,5-12-9)7(10)11-4/h6H,5,9H2,1-4H3. The first-order chi connectivity index (χ1) is 5.49. The molecule has 4 heteroatoms. The number of hydrogen-bond donors (Lipinski definition) is 1. The van der Waals surface area contributed by atoms with Crippen molar-refractivity contribution in [2.24, 2.45) is 17.2 Å². The molecule has 0 aliphatic carbocycles. The van der Waals surface area contributed by atoms with Crippen LogP contribution < -0.4 is 5.90 Å². The summed E-state index contributed by atoms with van der Waals surface area (Å²) in [6, 6.07) is 0. The fourth-order valence-electron chi connectivity index (χ4n) is 0.868. The van der Waals surface area contributed by atoms with Gasteiger partial charge in [0.1, 0.15) is 0 Å². The maximum absolute atomic E-state index is 11.3. The molecule has 72 valence electrons. The van der Waals surface area contributed by atoms with Crippen molar-refractivity contribution in [1.29, 1.82) is 0 Å². The predicted octanol–water partition coefficient (Wildman–Crippen LogP) is 0.712. The molecule has 0 aromatic heterocycles. The summed E-state index contributed by atoms with van der Waals surface area (Å²) in [5, 5.41) is 0. The van der Waals surface area contributed by atoms with Gasteiger partial charge < -0.3 is 9.57 Å². The van der Waals surface area contributed by atoms with Crippen molar-refractivity contribution in [1.82, 2.24) is 0 Å². The van der Waals surface area contributed by atoms with Crippen LogP contribution in [-0.4, -0.2) is 19.7 Å². The van der Waals surface area contributed by atoms with Crippen LogP contribution in [0.15, 0.2) is 0 Å². The minimum atomic E-state index is -0.649. The van der Waals surface area contributed by atoms with Gasteiger partial charge in [-0.3, -0.25) is 4.79 Å². The minimum absolute atomic E-state index is 0.133. The van der Waals surface area contributed by atoms with E-state index in [1.807, 2.05) is 13.8 Å². The molecule has 0 aliphatic rings. The zero-order valence-corrected chi connectivity index (χ0v) is 8.09. The van der Waals surface area contributed by atoms with E-state index in [1.54, 1.807) is 6.92 Å². The topological polar surface area (TPSA) is 61.5 Å². The fraction of sp³-hybridized carbons (Fsp3) is 0.875. The number of carbonyl (C=O) groups excluding carboxylic acids is 1. The van der Waals surface area contributed by atoms with Gasteiger partial charge in [-0.05, 0) is 12.8 Å². The van der Waals surface area contributed by atoms with Gasteiger partial charge in [0.05, 0.1) is 19.1 Å². The molecule has 0 aliphatic heterocycles. The third kappa shape index (κ3) is 2.19. The van der Waals surface area contributed by atoms with Crippen LogP contribution in [0.5, 0.6) is 0 Å². The quantitative estimate of drug-likeness (QED) is 0.505. The summed E-state index contributed by atoms with van der Waals surface area (Å²) in [6.45, 7) is 5.81. The Kier molecular flexibility index (Phi) is 4.20. The van der Waals surface area contributed by atoms with Crippen LogP contribution >= 0.6 is 0 Å². The second kappa shape index (κ2) is 4.42. The van der Waals surface area contributed by atoms with Crippen LogP contribution in [0, 0.1) is 11.3 Å². The fourth-order valence-corrected chi connectivity index (χ4v) is 0.868. The Balaban J connectivity index is 4.49. The van der Waals surface area contributed by atoms with Crippen LogP contribution in [-0.2, 0) is 14.4 Å². The lowest BCUT2D eigenvalue weighted by molar-refractivity contribution is -0.159. The van der Waals surface area contributed by atoms with E-state index in [0.29, 0.717) is 0 Å². The molecule has 0 bridgehead atoms. The van der Waals surface area contributed by atoms with E-state index < -0.39 is 5.41 Å². The van der Waals surface area contributed by atoms with Crippen LogP contribution in [0.2, 0.25) is 0 Å². The van der Waals surface area contributed by atoms with Gasteiger partial charge in [0.2, 0.25) is 0 Å². The average molecular weight is 175 g/mol. The lowest BCUT2D eigenvalue weighted by atomic mass is 9.80. The molecule has 0 spiro atoms. The first-order valence-electron chi connectivity index (χ1n) is 3.89. The van der Waals surface area contributed by atoms with Crippen molar-refractivity contribution in [3.63, 3.8) is 0 Å². The number of ether oxygens (including phenoxy) is 1. The lowest BCUT2D eigenvalue weighted by Gasteiger charge is -2.29. The van der Waals surface area contributed by atoms with Crippen LogP contribution in [0.25, 0.3) is 0 Å². The normalized spacial score (nSPS) is 15.8. The Labute approximate surface area is 73.0 Å². The molecule has 0 heterocycles. The summed E-state index contributed by atoms with van der Waals surface area (Å²) in [5.74, 6) is 4.78. The predicted molar refractivity (Wildman–Crippen MR) is 45.1 cm³/mol. The highest BCUT2D eigenvalue weighted by Gasteiger charge is 2.38. The van der Waals surface area contributed by atoms with E-state index in [2.05, 4.69) is 9.57 Å². The van der Waals surface area contributed by atoms with Gasteiger partial charge in [0.15, 0.2) is 0 Å². The van der Waals surface area contributed by atoms with E-state index in [9.17, 15) is 4.79 Å². The van der Waals surface area contributed by atoms with Crippen LogP contribution in [0.3, 0.4) is 0 Å². The first kappa shape index (κ1) is 11.4. The molecule has 1 atom stereocenters. The van der Waals surface area contributed by atoms with Crippen molar-refractivity contribution in [2.45, 2.75) is 20.8 Å². The van der Waals surface area contributed by atoms with Crippen molar-refractivity contribution in [2.75, 3.05) is 13.7 Å². The zero-order chi connectivity index (χ0) is 9.78. The monoisotopic (exact) mass is 175 g/mol. The summed E-state index contributed by atoms with van der Waals surface area (Å²) >= 11 is 0. The highest BCUT2D eigenvalue weighted by atomic mass is 16.6. The molecule has 0 saturated carbocycles. The number of carbonyl (C=O) groups is 1. The van der Waals surface area contributed by atoms with Gasteiger partial charge in [0.25, 0.3) is 0 Å². The Morgan fingerprint density at radius 2 is 2.08 bits per heavy atom. The Hall–Kier alpha value is -0.610. The highest BCUT2D eigenvalue weighted by molar-refractivity contribution is 5.76. The molecule has 1 unspecified atom stereocenters. The smallest absolute Gasteiger partial charge is 0.314 e. The van der Waals surface area contributed by atoms with E-state index in [0.717, 1.165) is 0 Å². The van der Waals surface area contributed by atoms with Crippen LogP contribution in [0.1, 0.15) is 20.8 Å². The van der Waals surface area contributed by atoms with E-state index >= 15 is 0 Å². The van der Waals surface area contributed by atoms with Gasteiger partial charge in [-0.25, -0.2) is 5.90 Å². The van der Waals surface area contributed by atoms with E-state index in [1.165, 1.54) is 7.11 Å². The number of methoxy groups -OCH3 is 1. The van der Waals surface area contributed by atoms with E-state index in [-0.39, 0.29) is 18.5 Å². The van der Waals surface area contributed by atoms with Gasteiger partial charge in [-0.15, -0.1) is 0 Å². The summed E-state index contributed by atoms with van der Waals surface area (Å²) in [7, 11) is 1.36. The third-order valence-electron chi connectivity index (χ3n) is 2.31. The Morgan fingerprint density at radius 3 is 2.33 bits per heavy atom. The molecule has 0 saturated heterocycles. The van der Waals surface area contributed by atoms with Gasteiger partial charge in [-0.2, -0.15) is 0 Å². The Morgan fingerprint density at radius 1 is 1.58 bits per heavy atom. The Bertz CT molecular complexity index is 158. The second-order valence-corrected chi connectivity index (χ2v) is 3.37.